The number of fused-ring (bicyclic) bond motifs is 9. The SMILES string of the molecule is c1ccc([Si](c2ccccc2)(c2ccccc2)c2ccccc2-c2cc(-n3c4ccccc4c4cc(-n5c6ccccc6c6ccccc65)ccc43)ccc2-n2c3ccccc3c3ccccc32)cc1. The lowest BCUT2D eigenvalue weighted by Crippen LogP contribution is -2.75. The molecule has 0 saturated heterocycles. The molecule has 0 aliphatic rings. The van der Waals surface area contributed by atoms with Gasteiger partial charge < -0.3 is 13.7 Å². The van der Waals surface area contributed by atoms with Crippen LogP contribution in [0.4, 0.5) is 0 Å². The lowest BCUT2D eigenvalue weighted by molar-refractivity contribution is 1.14. The van der Waals surface area contributed by atoms with Gasteiger partial charge in [0, 0.05) is 49.3 Å². The molecule has 0 aliphatic carbocycles. The van der Waals surface area contributed by atoms with Crippen LogP contribution in [-0.2, 0) is 0 Å². The van der Waals surface area contributed by atoms with E-state index in [0.29, 0.717) is 0 Å². The molecule has 0 unspecified atom stereocenters. The normalized spacial score (nSPS) is 12.0. The van der Waals surface area contributed by atoms with Gasteiger partial charge in [-0.1, -0.05) is 206 Å². The molecule has 11 aromatic carbocycles. The van der Waals surface area contributed by atoms with E-state index in [0.717, 1.165) is 22.6 Å². The molecule has 3 nitrogen and oxygen atoms in total. The van der Waals surface area contributed by atoms with Crippen molar-refractivity contribution >= 4 is 94.2 Å². The second-order valence-corrected chi connectivity index (χ2v) is 22.2. The fourth-order valence-electron chi connectivity index (χ4n) is 11.9. The van der Waals surface area contributed by atoms with Crippen molar-refractivity contribution in [2.24, 2.45) is 0 Å². The van der Waals surface area contributed by atoms with Gasteiger partial charge in [-0.15, -0.1) is 0 Å². The van der Waals surface area contributed by atoms with Crippen LogP contribution in [0.25, 0.3) is 93.6 Å². The highest BCUT2D eigenvalue weighted by molar-refractivity contribution is 7.20. The zero-order chi connectivity index (χ0) is 46.2. The molecular weight excluding hydrogens is 863 g/mol. The molecule has 0 amide bonds. The molecule has 0 saturated carbocycles. The maximum Gasteiger partial charge on any atom is 0.180 e. The van der Waals surface area contributed by atoms with E-state index in [4.69, 9.17) is 0 Å². The molecule has 0 N–H and O–H groups in total. The third-order valence-electron chi connectivity index (χ3n) is 14.8. The zero-order valence-electron chi connectivity index (χ0n) is 38.3. The molecule has 14 aromatic rings. The average molecular weight is 908 g/mol. The van der Waals surface area contributed by atoms with Crippen LogP contribution >= 0.6 is 0 Å². The summed E-state index contributed by atoms with van der Waals surface area (Å²) in [6.07, 6.45) is 0. The van der Waals surface area contributed by atoms with Gasteiger partial charge in [0.25, 0.3) is 0 Å². The Morgan fingerprint density at radius 3 is 1.04 bits per heavy atom. The highest BCUT2D eigenvalue weighted by Gasteiger charge is 2.43. The monoisotopic (exact) mass is 907 g/mol. The lowest BCUT2D eigenvalue weighted by atomic mass is 10.0. The van der Waals surface area contributed by atoms with Crippen molar-refractivity contribution < 1.29 is 0 Å². The summed E-state index contributed by atoms with van der Waals surface area (Å²) in [5, 5.41) is 12.8. The summed E-state index contributed by atoms with van der Waals surface area (Å²) in [5.41, 5.74) is 12.9. The quantitative estimate of drug-likeness (QED) is 0.107. The van der Waals surface area contributed by atoms with Gasteiger partial charge in [0.15, 0.2) is 8.07 Å². The standard InChI is InChI=1S/C66H45N3Si/c1-4-22-48(23-5-1)70(49-24-6-2-7-25-49,50-26-8-3-9-27-50)66-39-21-15-33-56(66)58-45-47(41-43-65(58)69-62-37-19-12-30-53(62)54-31-13-20-38-63(54)69)68-61-36-18-14-32-55(61)57-44-46(40-42-64(57)68)67-59-34-16-10-28-51(59)52-29-11-17-35-60(52)67/h1-45H. The molecule has 3 heterocycles. The predicted octanol–water partition coefficient (Wildman–Crippen LogP) is 14.0. The van der Waals surface area contributed by atoms with Crippen LogP contribution in [0.3, 0.4) is 0 Å². The van der Waals surface area contributed by atoms with Crippen LogP contribution in [0.1, 0.15) is 0 Å². The minimum atomic E-state index is -3.00. The highest BCUT2D eigenvalue weighted by atomic mass is 28.3. The van der Waals surface area contributed by atoms with Crippen LogP contribution < -0.4 is 20.7 Å². The van der Waals surface area contributed by atoms with Gasteiger partial charge in [0.1, 0.15) is 0 Å². The summed E-state index contributed by atoms with van der Waals surface area (Å²) in [5.74, 6) is 0. The first-order chi connectivity index (χ1) is 34.8. The van der Waals surface area contributed by atoms with Crippen LogP contribution in [0, 0.1) is 0 Å². The van der Waals surface area contributed by atoms with Gasteiger partial charge in [-0.2, -0.15) is 0 Å². The Labute approximate surface area is 407 Å². The summed E-state index contributed by atoms with van der Waals surface area (Å²) >= 11 is 0. The minimum absolute atomic E-state index is 1.11. The lowest BCUT2D eigenvalue weighted by Gasteiger charge is -2.36. The molecule has 70 heavy (non-hydrogen) atoms. The first-order valence-corrected chi connectivity index (χ1v) is 26.2. The van der Waals surface area contributed by atoms with Crippen molar-refractivity contribution in [2.45, 2.75) is 0 Å². The molecular formula is C66H45N3Si. The predicted molar refractivity (Wildman–Crippen MR) is 299 cm³/mol. The second-order valence-electron chi connectivity index (χ2n) is 18.4. The maximum absolute atomic E-state index is 3.00. The van der Waals surface area contributed by atoms with Crippen molar-refractivity contribution in [2.75, 3.05) is 0 Å². The summed E-state index contributed by atoms with van der Waals surface area (Å²) in [6, 6.07) is 102. The van der Waals surface area contributed by atoms with E-state index in [-0.39, 0.29) is 0 Å². The number of para-hydroxylation sites is 5. The number of hydrogen-bond acceptors (Lipinski definition) is 0. The Morgan fingerprint density at radius 1 is 0.229 bits per heavy atom. The Balaban J connectivity index is 1.08. The van der Waals surface area contributed by atoms with Crippen molar-refractivity contribution in [3.8, 4) is 28.2 Å². The fraction of sp³-hybridized carbons (Fsp3) is 0. The van der Waals surface area contributed by atoms with Crippen molar-refractivity contribution in [1.29, 1.82) is 0 Å². The number of nitrogens with zero attached hydrogens (tertiary/aromatic N) is 3. The molecule has 14 rings (SSSR count). The molecule has 0 atom stereocenters. The first kappa shape index (κ1) is 40.1. The number of aromatic nitrogens is 3. The molecule has 0 bridgehead atoms. The van der Waals surface area contributed by atoms with E-state index in [9.17, 15) is 0 Å². The number of hydrogen-bond donors (Lipinski definition) is 0. The van der Waals surface area contributed by atoms with Crippen LogP contribution in [0.15, 0.2) is 273 Å². The average Bonchev–Trinajstić information content (AvgIpc) is 4.08. The molecule has 0 radical (unpaired) electrons. The van der Waals surface area contributed by atoms with Gasteiger partial charge in [-0.25, -0.2) is 0 Å². The largest absolute Gasteiger partial charge is 0.309 e. The van der Waals surface area contributed by atoms with E-state index in [2.05, 4.69) is 287 Å². The van der Waals surface area contributed by atoms with Crippen molar-refractivity contribution in [3.63, 3.8) is 0 Å². The second kappa shape index (κ2) is 16.1. The van der Waals surface area contributed by atoms with Crippen molar-refractivity contribution in [1.82, 2.24) is 13.7 Å². The summed E-state index contributed by atoms with van der Waals surface area (Å²) in [6.45, 7) is 0. The molecule has 0 fully saturated rings. The van der Waals surface area contributed by atoms with E-state index in [1.165, 1.54) is 91.8 Å². The molecule has 0 aliphatic heterocycles. The van der Waals surface area contributed by atoms with E-state index in [1.807, 2.05) is 0 Å². The molecule has 4 heteroatoms. The fourth-order valence-corrected chi connectivity index (χ4v) is 16.9. The number of benzene rings is 11. The Hall–Kier alpha value is -8.96. The van der Waals surface area contributed by atoms with Crippen molar-refractivity contribution in [3.05, 3.63) is 273 Å². The molecule has 3 aromatic heterocycles. The Bertz CT molecular complexity index is 4090. The summed E-state index contributed by atoms with van der Waals surface area (Å²) < 4.78 is 7.41. The summed E-state index contributed by atoms with van der Waals surface area (Å²) in [7, 11) is -3.00. The third kappa shape index (κ3) is 5.94. The topological polar surface area (TPSA) is 14.8 Å². The first-order valence-electron chi connectivity index (χ1n) is 24.2. The smallest absolute Gasteiger partial charge is 0.180 e. The third-order valence-corrected chi connectivity index (χ3v) is 19.6. The molecule has 328 valence electrons. The highest BCUT2D eigenvalue weighted by Crippen LogP contribution is 2.41. The van der Waals surface area contributed by atoms with Gasteiger partial charge in [0.05, 0.1) is 38.8 Å². The Kier molecular flexibility index (Phi) is 9.23. The van der Waals surface area contributed by atoms with Gasteiger partial charge in [-0.05, 0) is 93.0 Å². The van der Waals surface area contributed by atoms with Crippen LogP contribution in [-0.4, -0.2) is 21.8 Å². The van der Waals surface area contributed by atoms with Gasteiger partial charge in [-0.3, -0.25) is 0 Å². The number of rotatable bonds is 8. The van der Waals surface area contributed by atoms with Crippen LogP contribution in [0.5, 0.6) is 0 Å². The van der Waals surface area contributed by atoms with E-state index in [1.54, 1.807) is 0 Å². The van der Waals surface area contributed by atoms with Gasteiger partial charge in [0.2, 0.25) is 0 Å². The van der Waals surface area contributed by atoms with Crippen LogP contribution in [0.2, 0.25) is 0 Å². The Morgan fingerprint density at radius 2 is 0.571 bits per heavy atom. The van der Waals surface area contributed by atoms with E-state index >= 15 is 0 Å². The molecule has 0 spiro atoms. The van der Waals surface area contributed by atoms with Gasteiger partial charge >= 0.3 is 0 Å². The van der Waals surface area contributed by atoms with E-state index < -0.39 is 8.07 Å². The summed E-state index contributed by atoms with van der Waals surface area (Å²) in [4.78, 5) is 0. The zero-order valence-corrected chi connectivity index (χ0v) is 39.3. The maximum atomic E-state index is 2.50. The minimum Gasteiger partial charge on any atom is -0.309 e.